The molecule has 150 valence electrons. The van der Waals surface area contributed by atoms with E-state index in [1.54, 1.807) is 18.2 Å². The Hall–Kier alpha value is -2.67. The van der Waals surface area contributed by atoms with Gasteiger partial charge in [-0.25, -0.2) is 0 Å². The van der Waals surface area contributed by atoms with E-state index in [2.05, 4.69) is 51.9 Å². The lowest BCUT2D eigenvalue weighted by Gasteiger charge is -2.36. The molecule has 5 nitrogen and oxygen atoms in total. The quantitative estimate of drug-likeness (QED) is 0.819. The number of rotatable bonds is 6. The molecule has 0 saturated carbocycles. The molecule has 0 radical (unpaired) electrons. The normalized spacial score (nSPS) is 15.0. The Balaban J connectivity index is 1.54. The van der Waals surface area contributed by atoms with E-state index in [4.69, 9.17) is 0 Å². The minimum atomic E-state index is -2.93. The summed E-state index contributed by atoms with van der Waals surface area (Å²) >= 11 is 0. The van der Waals surface area contributed by atoms with E-state index in [9.17, 15) is 13.6 Å². The van der Waals surface area contributed by atoms with Gasteiger partial charge in [-0.3, -0.25) is 9.69 Å². The van der Waals surface area contributed by atoms with Gasteiger partial charge in [-0.2, -0.15) is 8.78 Å². The average molecular weight is 389 g/mol. The summed E-state index contributed by atoms with van der Waals surface area (Å²) in [6.45, 7) is 4.70. The zero-order valence-electron chi connectivity index (χ0n) is 16.1. The number of halogens is 2. The molecule has 2 aromatic carbocycles. The van der Waals surface area contributed by atoms with Gasteiger partial charge in [0.25, 0.3) is 0 Å². The molecular formula is C21H25F2N3O2. The first-order chi connectivity index (χ1) is 13.4. The number of para-hydroxylation sites is 2. The average Bonchev–Trinajstić information content (AvgIpc) is 2.66. The van der Waals surface area contributed by atoms with Crippen molar-refractivity contribution < 1.29 is 18.3 Å². The number of anilines is 2. The van der Waals surface area contributed by atoms with Crippen LogP contribution < -0.4 is 15.0 Å². The lowest BCUT2D eigenvalue weighted by molar-refractivity contribution is -0.117. The van der Waals surface area contributed by atoms with Gasteiger partial charge >= 0.3 is 6.61 Å². The summed E-state index contributed by atoms with van der Waals surface area (Å²) in [4.78, 5) is 16.8. The van der Waals surface area contributed by atoms with Crippen molar-refractivity contribution in [3.05, 3.63) is 53.6 Å². The van der Waals surface area contributed by atoms with E-state index in [1.165, 1.54) is 22.9 Å². The van der Waals surface area contributed by atoms with E-state index in [1.807, 2.05) is 0 Å². The van der Waals surface area contributed by atoms with Gasteiger partial charge in [-0.15, -0.1) is 0 Å². The summed E-state index contributed by atoms with van der Waals surface area (Å²) in [6.07, 6.45) is 0. The number of piperazine rings is 1. The molecule has 0 atom stereocenters. The summed E-state index contributed by atoms with van der Waals surface area (Å²) in [5.41, 5.74) is 4.04. The van der Waals surface area contributed by atoms with E-state index in [-0.39, 0.29) is 23.9 Å². The Morgan fingerprint density at radius 3 is 2.50 bits per heavy atom. The van der Waals surface area contributed by atoms with E-state index < -0.39 is 6.61 Å². The number of benzene rings is 2. The van der Waals surface area contributed by atoms with Crippen molar-refractivity contribution in [1.29, 1.82) is 0 Å². The van der Waals surface area contributed by atoms with Crippen LogP contribution >= 0.6 is 0 Å². The van der Waals surface area contributed by atoms with Crippen molar-refractivity contribution in [2.75, 3.05) is 42.9 Å². The topological polar surface area (TPSA) is 44.8 Å². The third kappa shape index (κ3) is 4.98. The number of aryl methyl sites for hydroxylation is 1. The molecule has 1 aliphatic rings. The summed E-state index contributed by atoms with van der Waals surface area (Å²) in [5.74, 6) is -0.281. The molecule has 1 N–H and O–H groups in total. The van der Waals surface area contributed by atoms with Crippen LogP contribution in [0.25, 0.3) is 0 Å². The molecule has 1 aliphatic heterocycles. The molecule has 1 saturated heterocycles. The van der Waals surface area contributed by atoms with Gasteiger partial charge in [0.2, 0.25) is 5.91 Å². The van der Waals surface area contributed by atoms with E-state index in [0.29, 0.717) is 0 Å². The molecule has 0 aliphatic carbocycles. The maximum absolute atomic E-state index is 12.5. The van der Waals surface area contributed by atoms with Gasteiger partial charge < -0.3 is 15.0 Å². The minimum absolute atomic E-state index is 0.0365. The first kappa shape index (κ1) is 20.1. The van der Waals surface area contributed by atoms with Crippen LogP contribution in [0.15, 0.2) is 42.5 Å². The van der Waals surface area contributed by atoms with E-state index >= 15 is 0 Å². The Labute approximate surface area is 163 Å². The highest BCUT2D eigenvalue weighted by Crippen LogP contribution is 2.26. The molecule has 0 aromatic heterocycles. The van der Waals surface area contributed by atoms with Gasteiger partial charge in [-0.1, -0.05) is 24.3 Å². The van der Waals surface area contributed by atoms with Gasteiger partial charge in [-0.05, 0) is 43.2 Å². The predicted molar refractivity (Wildman–Crippen MR) is 106 cm³/mol. The van der Waals surface area contributed by atoms with Crippen LogP contribution in [0.3, 0.4) is 0 Å². The monoisotopic (exact) mass is 389 g/mol. The SMILES string of the molecule is Cc1cccc(N2CCN(CC(=O)Nc3ccccc3OC(F)F)CC2)c1C. The first-order valence-corrected chi connectivity index (χ1v) is 9.31. The number of amides is 1. The molecule has 1 heterocycles. The smallest absolute Gasteiger partial charge is 0.387 e. The van der Waals surface area contributed by atoms with Crippen molar-refractivity contribution >= 4 is 17.3 Å². The van der Waals surface area contributed by atoms with Crippen LogP contribution in [0.5, 0.6) is 5.75 Å². The summed E-state index contributed by atoms with van der Waals surface area (Å²) < 4.78 is 29.4. The fourth-order valence-corrected chi connectivity index (χ4v) is 3.39. The number of ether oxygens (including phenoxy) is 1. The van der Waals surface area contributed by atoms with Gasteiger partial charge in [0.1, 0.15) is 5.75 Å². The maximum Gasteiger partial charge on any atom is 0.387 e. The lowest BCUT2D eigenvalue weighted by Crippen LogP contribution is -2.48. The second-order valence-electron chi connectivity index (χ2n) is 6.91. The number of nitrogens with one attached hydrogen (secondary N) is 1. The maximum atomic E-state index is 12.5. The highest BCUT2D eigenvalue weighted by Gasteiger charge is 2.21. The van der Waals surface area contributed by atoms with Crippen LogP contribution in [-0.4, -0.2) is 50.1 Å². The molecule has 7 heteroatoms. The Morgan fingerprint density at radius 1 is 1.07 bits per heavy atom. The molecule has 0 bridgehead atoms. The van der Waals surface area contributed by atoms with Crippen molar-refractivity contribution in [2.45, 2.75) is 20.5 Å². The highest BCUT2D eigenvalue weighted by molar-refractivity contribution is 5.93. The molecule has 3 rings (SSSR count). The van der Waals surface area contributed by atoms with Crippen molar-refractivity contribution in [3.8, 4) is 5.75 Å². The summed E-state index contributed by atoms with van der Waals surface area (Å²) in [6, 6.07) is 12.5. The number of carbonyl (C=O) groups is 1. The van der Waals surface area contributed by atoms with Crippen LogP contribution in [0, 0.1) is 13.8 Å². The zero-order chi connectivity index (χ0) is 20.1. The van der Waals surface area contributed by atoms with Crippen molar-refractivity contribution in [2.24, 2.45) is 0 Å². The fraction of sp³-hybridized carbons (Fsp3) is 0.381. The van der Waals surface area contributed by atoms with E-state index in [0.717, 1.165) is 26.2 Å². The highest BCUT2D eigenvalue weighted by atomic mass is 19.3. The third-order valence-electron chi connectivity index (χ3n) is 5.03. The largest absolute Gasteiger partial charge is 0.433 e. The second-order valence-corrected chi connectivity index (χ2v) is 6.91. The molecule has 28 heavy (non-hydrogen) atoms. The summed E-state index contributed by atoms with van der Waals surface area (Å²) in [5, 5.41) is 2.67. The number of hydrogen-bond acceptors (Lipinski definition) is 4. The Morgan fingerprint density at radius 2 is 1.79 bits per heavy atom. The number of alkyl halides is 2. The molecule has 0 unspecified atom stereocenters. The molecular weight excluding hydrogens is 364 g/mol. The molecule has 1 fully saturated rings. The summed E-state index contributed by atoms with van der Waals surface area (Å²) in [7, 11) is 0. The van der Waals surface area contributed by atoms with Crippen LogP contribution in [-0.2, 0) is 4.79 Å². The number of carbonyl (C=O) groups excluding carboxylic acids is 1. The lowest BCUT2D eigenvalue weighted by atomic mass is 10.1. The van der Waals surface area contributed by atoms with Crippen molar-refractivity contribution in [1.82, 2.24) is 4.90 Å². The molecule has 1 amide bonds. The predicted octanol–water partition coefficient (Wildman–Crippen LogP) is 3.67. The van der Waals surface area contributed by atoms with Gasteiger partial charge in [0, 0.05) is 31.9 Å². The molecule has 0 spiro atoms. The first-order valence-electron chi connectivity index (χ1n) is 9.31. The Kier molecular flexibility index (Phi) is 6.46. The number of hydrogen-bond donors (Lipinski definition) is 1. The second kappa shape index (κ2) is 9.01. The van der Waals surface area contributed by atoms with Crippen LogP contribution in [0.1, 0.15) is 11.1 Å². The van der Waals surface area contributed by atoms with Crippen LogP contribution in [0.4, 0.5) is 20.2 Å². The van der Waals surface area contributed by atoms with Gasteiger partial charge in [0.05, 0.1) is 12.2 Å². The standard InChI is InChI=1S/C21H25F2N3O2/c1-15-6-5-8-18(16(15)2)26-12-10-25(11-13-26)14-20(27)24-17-7-3-4-9-19(17)28-21(22)23/h3-9,21H,10-14H2,1-2H3,(H,24,27). The number of nitrogens with zero attached hydrogens (tertiary/aromatic N) is 2. The Bertz CT molecular complexity index is 821. The molecule has 2 aromatic rings. The minimum Gasteiger partial charge on any atom is -0.433 e. The van der Waals surface area contributed by atoms with Crippen molar-refractivity contribution in [3.63, 3.8) is 0 Å². The third-order valence-corrected chi connectivity index (χ3v) is 5.03. The van der Waals surface area contributed by atoms with Crippen LogP contribution in [0.2, 0.25) is 0 Å². The van der Waals surface area contributed by atoms with Gasteiger partial charge in [0.15, 0.2) is 0 Å². The zero-order valence-corrected chi connectivity index (χ0v) is 16.1. The fourth-order valence-electron chi connectivity index (χ4n) is 3.39.